The predicted molar refractivity (Wildman–Crippen MR) is 168 cm³/mol. The molecule has 0 N–H and O–H groups in total. The molecule has 0 heterocycles. The molecule has 0 fully saturated rings. The van der Waals surface area contributed by atoms with Crippen molar-refractivity contribution in [3.05, 3.63) is 41.5 Å². The molecule has 0 aliphatic rings. The second-order valence-corrected chi connectivity index (χ2v) is 10.5. The second-order valence-electron chi connectivity index (χ2n) is 10.5. The van der Waals surface area contributed by atoms with Gasteiger partial charge < -0.3 is 23.7 Å². The van der Waals surface area contributed by atoms with E-state index in [0.29, 0.717) is 62.3 Å². The van der Waals surface area contributed by atoms with Crippen LogP contribution in [0, 0.1) is 0 Å². The quantitative estimate of drug-likeness (QED) is 0.0925. The van der Waals surface area contributed by atoms with Gasteiger partial charge in [-0.15, -0.1) is 0 Å². The van der Waals surface area contributed by atoms with Crippen molar-refractivity contribution >= 4 is 5.78 Å². The molecule has 0 saturated heterocycles. The third kappa shape index (κ3) is 12.2. The molecular formula is C35H54O6. The zero-order valence-corrected chi connectivity index (χ0v) is 26.4. The Hall–Kier alpha value is -2.89. The summed E-state index contributed by atoms with van der Waals surface area (Å²) < 4.78 is 30.6. The minimum Gasteiger partial charge on any atom is -0.494 e. The Balaban J connectivity index is 2.38. The zero-order valence-electron chi connectivity index (χ0n) is 26.4. The molecule has 0 bridgehead atoms. The van der Waals surface area contributed by atoms with Gasteiger partial charge >= 0.3 is 0 Å². The number of benzene rings is 2. The number of hydrogen-bond donors (Lipinski definition) is 0. The maximum absolute atomic E-state index is 14.0. The van der Waals surface area contributed by atoms with Crippen molar-refractivity contribution < 1.29 is 28.5 Å². The minimum atomic E-state index is -0.0271. The fourth-order valence-corrected chi connectivity index (χ4v) is 4.17. The van der Waals surface area contributed by atoms with Crippen molar-refractivity contribution in [2.24, 2.45) is 0 Å². The standard InChI is InChI=1S/C35H54O6/c1-6-11-22-37-29-17-19-31(38-23-12-7-2)28(27-29)16-18-30(36)34-32(39-24-13-8-3)20-21-33(40-25-14-9-4)35(34)41-26-15-10-5/h17,19-21,27H,6-16,18,22-26H2,1-5H3. The lowest BCUT2D eigenvalue weighted by atomic mass is 9.99. The summed E-state index contributed by atoms with van der Waals surface area (Å²) in [6.45, 7) is 13.6. The highest BCUT2D eigenvalue weighted by Gasteiger charge is 2.24. The molecule has 0 radical (unpaired) electrons. The Kier molecular flexibility index (Phi) is 17.5. The largest absolute Gasteiger partial charge is 0.494 e. The lowest BCUT2D eigenvalue weighted by Gasteiger charge is -2.20. The van der Waals surface area contributed by atoms with Crippen molar-refractivity contribution in [3.63, 3.8) is 0 Å². The molecule has 0 aliphatic carbocycles. The number of carbonyl (C=O) groups is 1. The van der Waals surface area contributed by atoms with E-state index in [1.807, 2.05) is 30.3 Å². The van der Waals surface area contributed by atoms with Crippen LogP contribution in [0.15, 0.2) is 30.3 Å². The Morgan fingerprint density at radius 2 is 1.02 bits per heavy atom. The molecule has 2 aromatic rings. The van der Waals surface area contributed by atoms with Gasteiger partial charge in [0, 0.05) is 6.42 Å². The number of hydrogen-bond acceptors (Lipinski definition) is 6. The highest BCUT2D eigenvalue weighted by Crippen LogP contribution is 2.40. The zero-order chi connectivity index (χ0) is 29.7. The van der Waals surface area contributed by atoms with Crippen LogP contribution in [0.1, 0.15) is 121 Å². The minimum absolute atomic E-state index is 0.0271. The van der Waals surface area contributed by atoms with Gasteiger partial charge in [0.2, 0.25) is 0 Å². The van der Waals surface area contributed by atoms with Crippen LogP contribution < -0.4 is 23.7 Å². The lowest BCUT2D eigenvalue weighted by molar-refractivity contribution is 0.0972. The summed E-state index contributed by atoms with van der Waals surface area (Å²) in [6.07, 6.45) is 10.7. The number of aryl methyl sites for hydroxylation is 1. The first-order chi connectivity index (χ1) is 20.1. The summed E-state index contributed by atoms with van der Waals surface area (Å²) in [4.78, 5) is 14.0. The summed E-state index contributed by atoms with van der Waals surface area (Å²) >= 11 is 0. The van der Waals surface area contributed by atoms with E-state index < -0.39 is 0 Å². The SMILES string of the molecule is CCCCOc1ccc(OCCCC)c(CCC(=O)c2c(OCCCC)ccc(OCCCC)c2OCCCC)c1. The number of Topliss-reactive ketones (excluding diaryl/α,β-unsaturated/α-hetero) is 1. The molecule has 0 aromatic heterocycles. The number of ketones is 1. The first-order valence-corrected chi connectivity index (χ1v) is 16.1. The number of ether oxygens (including phenoxy) is 5. The van der Waals surface area contributed by atoms with E-state index in [9.17, 15) is 4.79 Å². The van der Waals surface area contributed by atoms with Crippen molar-refractivity contribution in [3.8, 4) is 28.7 Å². The molecule has 0 aliphatic heterocycles. The molecule has 0 unspecified atom stereocenters. The maximum Gasteiger partial charge on any atom is 0.175 e. The third-order valence-electron chi connectivity index (χ3n) is 6.79. The van der Waals surface area contributed by atoms with Crippen LogP contribution in [-0.4, -0.2) is 38.8 Å². The summed E-state index contributed by atoms with van der Waals surface area (Å²) in [5, 5.41) is 0. The van der Waals surface area contributed by atoms with Crippen molar-refractivity contribution in [2.75, 3.05) is 33.0 Å². The Morgan fingerprint density at radius 3 is 1.61 bits per heavy atom. The van der Waals surface area contributed by atoms with Gasteiger partial charge in [0.25, 0.3) is 0 Å². The maximum atomic E-state index is 14.0. The molecule has 2 rings (SSSR count). The summed E-state index contributed by atoms with van der Waals surface area (Å²) in [5.41, 5.74) is 1.45. The molecular weight excluding hydrogens is 516 g/mol. The highest BCUT2D eigenvalue weighted by molar-refractivity contribution is 6.02. The number of unbranched alkanes of at least 4 members (excludes halogenated alkanes) is 5. The van der Waals surface area contributed by atoms with Crippen LogP contribution in [0.25, 0.3) is 0 Å². The van der Waals surface area contributed by atoms with E-state index in [0.717, 1.165) is 81.3 Å². The van der Waals surface area contributed by atoms with Crippen LogP contribution in [0.4, 0.5) is 0 Å². The van der Waals surface area contributed by atoms with Gasteiger partial charge in [0.15, 0.2) is 17.3 Å². The first-order valence-electron chi connectivity index (χ1n) is 16.1. The Bertz CT molecular complexity index is 1000. The van der Waals surface area contributed by atoms with Crippen LogP contribution >= 0.6 is 0 Å². The second kappa shape index (κ2) is 20.9. The van der Waals surface area contributed by atoms with E-state index >= 15 is 0 Å². The summed E-state index contributed by atoms with van der Waals surface area (Å²) in [6, 6.07) is 9.69. The molecule has 0 spiro atoms. The fraction of sp³-hybridized carbons (Fsp3) is 0.629. The van der Waals surface area contributed by atoms with Gasteiger partial charge in [-0.2, -0.15) is 0 Å². The monoisotopic (exact) mass is 570 g/mol. The molecule has 230 valence electrons. The lowest BCUT2D eigenvalue weighted by Crippen LogP contribution is -2.12. The smallest absolute Gasteiger partial charge is 0.175 e. The van der Waals surface area contributed by atoms with E-state index in [4.69, 9.17) is 23.7 Å². The van der Waals surface area contributed by atoms with Gasteiger partial charge in [-0.05, 0) is 74.4 Å². The molecule has 0 atom stereocenters. The van der Waals surface area contributed by atoms with Crippen LogP contribution in [-0.2, 0) is 6.42 Å². The van der Waals surface area contributed by atoms with E-state index in [-0.39, 0.29) is 12.2 Å². The van der Waals surface area contributed by atoms with E-state index in [1.165, 1.54) is 0 Å². The molecule has 2 aromatic carbocycles. The van der Waals surface area contributed by atoms with E-state index in [2.05, 4.69) is 34.6 Å². The average molecular weight is 571 g/mol. The summed E-state index contributed by atoms with van der Waals surface area (Å²) in [7, 11) is 0. The fourth-order valence-electron chi connectivity index (χ4n) is 4.17. The van der Waals surface area contributed by atoms with Crippen LogP contribution in [0.2, 0.25) is 0 Å². The van der Waals surface area contributed by atoms with Crippen LogP contribution in [0.5, 0.6) is 28.7 Å². The Labute approximate surface area is 249 Å². The first kappa shape index (κ1) is 34.3. The number of carbonyl (C=O) groups excluding carboxylic acids is 1. The topological polar surface area (TPSA) is 63.2 Å². The van der Waals surface area contributed by atoms with Gasteiger partial charge in [-0.3, -0.25) is 4.79 Å². The van der Waals surface area contributed by atoms with Gasteiger partial charge in [-0.25, -0.2) is 0 Å². The third-order valence-corrected chi connectivity index (χ3v) is 6.79. The molecule has 0 saturated carbocycles. The van der Waals surface area contributed by atoms with Gasteiger partial charge in [-0.1, -0.05) is 66.7 Å². The van der Waals surface area contributed by atoms with Crippen molar-refractivity contribution in [1.82, 2.24) is 0 Å². The van der Waals surface area contributed by atoms with Crippen molar-refractivity contribution in [1.29, 1.82) is 0 Å². The van der Waals surface area contributed by atoms with Crippen LogP contribution in [0.3, 0.4) is 0 Å². The number of rotatable bonds is 24. The average Bonchev–Trinajstić information content (AvgIpc) is 2.98. The molecule has 0 amide bonds. The normalized spacial score (nSPS) is 10.9. The molecule has 6 nitrogen and oxygen atoms in total. The highest BCUT2D eigenvalue weighted by atomic mass is 16.5. The summed E-state index contributed by atoms with van der Waals surface area (Å²) in [5.74, 6) is 3.27. The van der Waals surface area contributed by atoms with E-state index in [1.54, 1.807) is 0 Å². The predicted octanol–water partition coefficient (Wildman–Crippen LogP) is 9.40. The van der Waals surface area contributed by atoms with Gasteiger partial charge in [0.05, 0.1) is 33.0 Å². The molecule has 6 heteroatoms. The molecule has 41 heavy (non-hydrogen) atoms. The Morgan fingerprint density at radius 1 is 0.561 bits per heavy atom. The van der Waals surface area contributed by atoms with Gasteiger partial charge in [0.1, 0.15) is 22.8 Å². The van der Waals surface area contributed by atoms with Crippen molar-refractivity contribution in [2.45, 2.75) is 112 Å².